The van der Waals surface area contributed by atoms with E-state index in [9.17, 15) is 13.2 Å². The van der Waals surface area contributed by atoms with Gasteiger partial charge in [-0.15, -0.1) is 0 Å². The highest BCUT2D eigenvalue weighted by Crippen LogP contribution is 2.23. The van der Waals surface area contributed by atoms with E-state index in [4.69, 9.17) is 0 Å². The van der Waals surface area contributed by atoms with E-state index in [0.717, 1.165) is 53.4 Å². The molecule has 1 aliphatic heterocycles. The number of aryl methyl sites for hydroxylation is 2. The number of amides is 1. The van der Waals surface area contributed by atoms with Crippen molar-refractivity contribution in [2.45, 2.75) is 20.4 Å². The Kier molecular flexibility index (Phi) is 7.23. The van der Waals surface area contributed by atoms with Gasteiger partial charge >= 0.3 is 0 Å². The van der Waals surface area contributed by atoms with Crippen molar-refractivity contribution in [3.63, 3.8) is 0 Å². The van der Waals surface area contributed by atoms with E-state index in [2.05, 4.69) is 34.3 Å². The Morgan fingerprint density at radius 3 is 2.26 bits per heavy atom. The van der Waals surface area contributed by atoms with Gasteiger partial charge in [-0.25, -0.2) is 8.42 Å². The zero-order valence-electron chi connectivity index (χ0n) is 18.8. The third-order valence-electron chi connectivity index (χ3n) is 5.60. The van der Waals surface area contributed by atoms with Gasteiger partial charge in [0.1, 0.15) is 6.54 Å². The fourth-order valence-electron chi connectivity index (χ4n) is 3.74. The first-order valence-corrected chi connectivity index (χ1v) is 12.3. The van der Waals surface area contributed by atoms with Crippen molar-refractivity contribution in [2.75, 3.05) is 55.2 Å². The molecule has 0 aliphatic carbocycles. The molecule has 0 spiro atoms. The molecule has 1 heterocycles. The molecule has 0 bridgehead atoms. The Hall–Kier alpha value is -2.58. The predicted molar refractivity (Wildman–Crippen MR) is 126 cm³/mol. The molecule has 1 saturated heterocycles. The highest BCUT2D eigenvalue weighted by Gasteiger charge is 2.22. The van der Waals surface area contributed by atoms with Gasteiger partial charge in [-0.05, 0) is 50.2 Å². The zero-order chi connectivity index (χ0) is 22.6. The number of nitrogens with zero attached hydrogens (tertiary/aromatic N) is 3. The minimum atomic E-state index is -3.59. The maximum atomic E-state index is 12.5. The molecule has 1 fully saturated rings. The van der Waals surface area contributed by atoms with E-state index in [1.807, 2.05) is 38.1 Å². The summed E-state index contributed by atoms with van der Waals surface area (Å²) in [6, 6.07) is 13.7. The summed E-state index contributed by atoms with van der Waals surface area (Å²) < 4.78 is 25.8. The summed E-state index contributed by atoms with van der Waals surface area (Å²) >= 11 is 0. The van der Waals surface area contributed by atoms with Gasteiger partial charge in [-0.2, -0.15) is 0 Å². The second-order valence-electron chi connectivity index (χ2n) is 8.29. The second-order valence-corrected chi connectivity index (χ2v) is 10.2. The summed E-state index contributed by atoms with van der Waals surface area (Å²) in [5, 5.41) is 2.84. The third kappa shape index (κ3) is 6.21. The van der Waals surface area contributed by atoms with Crippen LogP contribution in [0.25, 0.3) is 0 Å². The number of hydrogen-bond donors (Lipinski definition) is 1. The van der Waals surface area contributed by atoms with E-state index in [0.29, 0.717) is 12.2 Å². The van der Waals surface area contributed by atoms with Crippen LogP contribution in [0.5, 0.6) is 0 Å². The number of hydrogen-bond acceptors (Lipinski definition) is 5. The van der Waals surface area contributed by atoms with Crippen molar-refractivity contribution < 1.29 is 13.2 Å². The SMILES string of the molecule is Cc1ccc(N(CC(=O)NCc2ccc(N3CCN(C)CC3)cc2)S(C)(=O)=O)c(C)c1. The van der Waals surface area contributed by atoms with E-state index >= 15 is 0 Å². The molecule has 0 radical (unpaired) electrons. The second kappa shape index (κ2) is 9.70. The number of nitrogens with one attached hydrogen (secondary N) is 1. The molecule has 1 N–H and O–H groups in total. The van der Waals surface area contributed by atoms with Crippen LogP contribution >= 0.6 is 0 Å². The van der Waals surface area contributed by atoms with Crippen LogP contribution in [-0.2, 0) is 21.4 Å². The number of sulfonamides is 1. The Balaban J connectivity index is 1.60. The molecule has 0 atom stereocenters. The molecule has 1 aliphatic rings. The number of carbonyl (C=O) groups is 1. The molecule has 8 heteroatoms. The summed E-state index contributed by atoms with van der Waals surface area (Å²) in [7, 11) is -1.46. The molecule has 0 aromatic heterocycles. The molecule has 2 aromatic carbocycles. The molecule has 7 nitrogen and oxygen atoms in total. The number of benzene rings is 2. The molecule has 2 aromatic rings. The topological polar surface area (TPSA) is 73.0 Å². The van der Waals surface area contributed by atoms with Crippen molar-refractivity contribution >= 4 is 27.3 Å². The van der Waals surface area contributed by atoms with Gasteiger partial charge in [0.2, 0.25) is 15.9 Å². The standard InChI is InChI=1S/C23H32N4O3S/c1-18-5-10-22(19(2)15-18)27(31(4,29)30)17-23(28)24-16-20-6-8-21(9-7-20)26-13-11-25(3)12-14-26/h5-10,15H,11-14,16-17H2,1-4H3,(H,24,28). The van der Waals surface area contributed by atoms with Crippen LogP contribution in [0.2, 0.25) is 0 Å². The lowest BCUT2D eigenvalue weighted by molar-refractivity contribution is -0.119. The quantitative estimate of drug-likeness (QED) is 0.708. The fourth-order valence-corrected chi connectivity index (χ4v) is 4.66. The molecule has 0 unspecified atom stereocenters. The molecule has 0 saturated carbocycles. The maximum absolute atomic E-state index is 12.5. The van der Waals surface area contributed by atoms with Crippen molar-refractivity contribution in [3.8, 4) is 0 Å². The minimum Gasteiger partial charge on any atom is -0.369 e. The molecule has 3 rings (SSSR count). The first-order chi connectivity index (χ1) is 14.6. The van der Waals surface area contributed by atoms with Crippen LogP contribution < -0.4 is 14.5 Å². The lowest BCUT2D eigenvalue weighted by atomic mass is 10.1. The molecule has 168 valence electrons. The molecular formula is C23H32N4O3S. The van der Waals surface area contributed by atoms with E-state index < -0.39 is 10.0 Å². The van der Waals surface area contributed by atoms with E-state index in [1.165, 1.54) is 5.69 Å². The third-order valence-corrected chi connectivity index (χ3v) is 6.73. The largest absolute Gasteiger partial charge is 0.369 e. The van der Waals surface area contributed by atoms with Gasteiger partial charge in [-0.3, -0.25) is 9.10 Å². The molecular weight excluding hydrogens is 412 g/mol. The van der Waals surface area contributed by atoms with Crippen molar-refractivity contribution in [1.29, 1.82) is 0 Å². The zero-order valence-corrected chi connectivity index (χ0v) is 19.6. The van der Waals surface area contributed by atoms with Crippen LogP contribution in [0.1, 0.15) is 16.7 Å². The van der Waals surface area contributed by atoms with Crippen LogP contribution in [0.15, 0.2) is 42.5 Å². The Morgan fingerprint density at radius 1 is 1.03 bits per heavy atom. The maximum Gasteiger partial charge on any atom is 0.241 e. The van der Waals surface area contributed by atoms with E-state index in [-0.39, 0.29) is 12.5 Å². The summed E-state index contributed by atoms with van der Waals surface area (Å²) in [6.07, 6.45) is 1.12. The Morgan fingerprint density at radius 2 is 1.68 bits per heavy atom. The summed E-state index contributed by atoms with van der Waals surface area (Å²) in [6.45, 7) is 8.01. The molecule has 31 heavy (non-hydrogen) atoms. The number of rotatable bonds is 7. The first-order valence-electron chi connectivity index (χ1n) is 10.5. The lowest BCUT2D eigenvalue weighted by Gasteiger charge is -2.34. The van der Waals surface area contributed by atoms with Gasteiger partial charge in [0.05, 0.1) is 11.9 Å². The highest BCUT2D eigenvalue weighted by molar-refractivity contribution is 7.92. The smallest absolute Gasteiger partial charge is 0.241 e. The van der Waals surface area contributed by atoms with Gasteiger partial charge in [-0.1, -0.05) is 29.8 Å². The normalized spacial score (nSPS) is 15.0. The average Bonchev–Trinajstić information content (AvgIpc) is 2.71. The Labute approximate surface area is 185 Å². The number of anilines is 2. The number of piperazine rings is 1. The van der Waals surface area contributed by atoms with Crippen LogP contribution in [0.3, 0.4) is 0 Å². The van der Waals surface area contributed by atoms with Gasteiger partial charge < -0.3 is 15.1 Å². The van der Waals surface area contributed by atoms with Gasteiger partial charge in [0.15, 0.2) is 0 Å². The van der Waals surface area contributed by atoms with Crippen molar-refractivity contribution in [1.82, 2.24) is 10.2 Å². The van der Waals surface area contributed by atoms with Crippen LogP contribution in [-0.4, -0.2) is 65.3 Å². The Bertz CT molecular complexity index is 1010. The summed E-state index contributed by atoms with van der Waals surface area (Å²) in [5.41, 5.74) is 4.54. The van der Waals surface area contributed by atoms with Gasteiger partial charge in [0.25, 0.3) is 0 Å². The van der Waals surface area contributed by atoms with E-state index in [1.54, 1.807) is 6.07 Å². The van der Waals surface area contributed by atoms with Crippen LogP contribution in [0.4, 0.5) is 11.4 Å². The average molecular weight is 445 g/mol. The number of likely N-dealkylation sites (N-methyl/N-ethyl adjacent to an activating group) is 1. The fraction of sp³-hybridized carbons (Fsp3) is 0.435. The predicted octanol–water partition coefficient (Wildman–Crippen LogP) is 2.14. The summed E-state index contributed by atoms with van der Waals surface area (Å²) in [4.78, 5) is 17.2. The van der Waals surface area contributed by atoms with Crippen molar-refractivity contribution in [3.05, 3.63) is 59.2 Å². The van der Waals surface area contributed by atoms with Gasteiger partial charge in [0, 0.05) is 38.4 Å². The number of carbonyl (C=O) groups excluding carboxylic acids is 1. The highest BCUT2D eigenvalue weighted by atomic mass is 32.2. The summed E-state index contributed by atoms with van der Waals surface area (Å²) in [5.74, 6) is -0.339. The monoisotopic (exact) mass is 444 g/mol. The minimum absolute atomic E-state index is 0.248. The van der Waals surface area contributed by atoms with Crippen LogP contribution in [0, 0.1) is 13.8 Å². The lowest BCUT2D eigenvalue weighted by Crippen LogP contribution is -2.44. The first kappa shape index (κ1) is 23.1. The molecule has 1 amide bonds. The van der Waals surface area contributed by atoms with Crippen molar-refractivity contribution in [2.24, 2.45) is 0 Å².